The molecule has 9 rings (SSSR count). The first-order valence-electron chi connectivity index (χ1n) is 24.7. The molecule has 0 aromatic heterocycles. The molecule has 0 spiro atoms. The van der Waals surface area contributed by atoms with E-state index >= 15 is 0 Å². The van der Waals surface area contributed by atoms with Crippen molar-refractivity contribution in [3.63, 3.8) is 0 Å². The lowest BCUT2D eigenvalue weighted by atomic mass is 9.75. The number of carboxylic acids is 1. The van der Waals surface area contributed by atoms with Crippen LogP contribution >= 0.6 is 0 Å². The average molecular weight is 1180 g/mol. The molecule has 26 N–H and O–H groups in total. The van der Waals surface area contributed by atoms with Gasteiger partial charge in [-0.05, 0) is 35.7 Å². The molecule has 82 heavy (non-hydrogen) atoms. The lowest BCUT2D eigenvalue weighted by Crippen LogP contribution is -2.66. The molecule has 4 aliphatic heterocycles. The van der Waals surface area contributed by atoms with Gasteiger partial charge in [0.15, 0.2) is 24.1 Å². The van der Waals surface area contributed by atoms with Gasteiger partial charge in [0.05, 0.1) is 54.7 Å². The zero-order valence-electron chi connectivity index (χ0n) is 43.9. The number of methoxy groups -OCH3 is 2. The number of phenols is 4. The van der Waals surface area contributed by atoms with Gasteiger partial charge in [-0.3, -0.25) is 19.4 Å². The first-order valence-corrected chi connectivity index (χ1v) is 24.7. The number of likely N-dealkylation sites (tertiary alicyclic amines) is 2. The third kappa shape index (κ3) is 12.7. The van der Waals surface area contributed by atoms with E-state index in [1.54, 1.807) is 0 Å². The average Bonchev–Trinajstić information content (AvgIpc) is 3.15. The molecule has 19 atom stereocenters. The molecule has 1 unspecified atom stereocenters. The number of benzene rings is 3. The summed E-state index contributed by atoms with van der Waals surface area (Å²) in [6.07, 6.45) is -22.2. The van der Waals surface area contributed by atoms with Gasteiger partial charge in [0.1, 0.15) is 102 Å². The number of phenolic OH excluding ortho intramolecular Hbond substituents is 3. The monoisotopic (exact) mass is 1180 g/mol. The number of nitrogens with zero attached hydrogens (tertiary/aromatic N) is 2. The van der Waals surface area contributed by atoms with Gasteiger partial charge < -0.3 is 138 Å². The van der Waals surface area contributed by atoms with Crippen molar-refractivity contribution in [1.82, 2.24) is 9.80 Å². The van der Waals surface area contributed by atoms with Crippen molar-refractivity contribution in [2.24, 2.45) is 0 Å². The second kappa shape index (κ2) is 27.6. The van der Waals surface area contributed by atoms with Crippen LogP contribution in [-0.4, -0.2) is 310 Å². The summed E-state index contributed by atoms with van der Waals surface area (Å²) in [4.78, 5) is 40.9. The first-order chi connectivity index (χ1) is 37.1. The summed E-state index contributed by atoms with van der Waals surface area (Å²) < 4.78 is 20.6. The number of carbonyl (C=O) groups is 3. The number of aryl methyl sites for hydroxylation is 1. The van der Waals surface area contributed by atoms with Crippen LogP contribution in [0.2, 0.25) is 0 Å². The van der Waals surface area contributed by atoms with Crippen LogP contribution in [-0.2, 0) is 25.4 Å². The number of fused-ring (bicyclic) bond motifs is 5. The maximum atomic E-state index is 13.2. The molecular weight excluding hydrogens is 1110 g/mol. The van der Waals surface area contributed by atoms with E-state index in [0.29, 0.717) is 0 Å². The lowest BCUT2D eigenvalue weighted by molar-refractivity contribution is -0.294. The van der Waals surface area contributed by atoms with E-state index < -0.39 is 181 Å². The quantitative estimate of drug-likeness (QED) is 0.0740. The summed E-state index contributed by atoms with van der Waals surface area (Å²) in [7, 11) is 2.55. The van der Waals surface area contributed by atoms with Crippen molar-refractivity contribution in [2.75, 3.05) is 53.6 Å². The van der Waals surface area contributed by atoms with Crippen LogP contribution in [0.3, 0.4) is 0 Å². The molecule has 2 aliphatic carbocycles. The number of rotatable bonds is 9. The predicted molar refractivity (Wildman–Crippen MR) is 271 cm³/mol. The summed E-state index contributed by atoms with van der Waals surface area (Å²) in [5.41, 5.74) is -1.31. The molecular formula is C50H72N2O30. The molecule has 462 valence electrons. The predicted octanol–water partition coefficient (Wildman–Crippen LogP) is -9.53. The number of aliphatic hydroxyl groups is 15. The molecule has 4 saturated heterocycles. The number of hydrogen-bond acceptors (Lipinski definition) is 28. The Morgan fingerprint density at radius 3 is 1.43 bits per heavy atom. The minimum absolute atomic E-state index is 0. The normalized spacial score (nSPS) is 34.1. The Bertz CT molecular complexity index is 2660. The molecule has 0 amide bonds. The van der Waals surface area contributed by atoms with Gasteiger partial charge in [0.2, 0.25) is 0 Å². The van der Waals surface area contributed by atoms with E-state index in [0.717, 1.165) is 12.1 Å². The number of carboxylic acid groups (broad SMARTS) is 1. The van der Waals surface area contributed by atoms with E-state index in [4.69, 9.17) is 18.9 Å². The lowest BCUT2D eigenvalue weighted by Gasteiger charge is -2.47. The Labute approximate surface area is 464 Å². The Morgan fingerprint density at radius 2 is 1.00 bits per heavy atom. The number of aliphatic hydroxyl groups excluding tert-OH is 15. The fourth-order valence-electron chi connectivity index (χ4n) is 11.0. The van der Waals surface area contributed by atoms with Gasteiger partial charge in [-0.2, -0.15) is 0 Å². The van der Waals surface area contributed by atoms with E-state index in [-0.39, 0.29) is 93.5 Å². The first kappa shape index (κ1) is 69.2. The second-order valence-corrected chi connectivity index (χ2v) is 20.1. The van der Waals surface area contributed by atoms with Gasteiger partial charge in [0, 0.05) is 75.1 Å². The fourth-order valence-corrected chi connectivity index (χ4v) is 11.0. The van der Waals surface area contributed by atoms with Gasteiger partial charge in [-0.15, -0.1) is 0 Å². The van der Waals surface area contributed by atoms with Gasteiger partial charge in [-0.25, -0.2) is 4.79 Å². The summed E-state index contributed by atoms with van der Waals surface area (Å²) in [5, 5.41) is 199. The summed E-state index contributed by atoms with van der Waals surface area (Å²) in [6, 6.07) is 2.86. The molecule has 6 aliphatic rings. The van der Waals surface area contributed by atoms with Crippen LogP contribution < -0.4 is 0 Å². The van der Waals surface area contributed by atoms with E-state index in [1.165, 1.54) is 43.1 Å². The smallest absolute Gasteiger partial charge is 0.339 e. The third-order valence-corrected chi connectivity index (χ3v) is 15.3. The summed E-state index contributed by atoms with van der Waals surface area (Å²) >= 11 is 0. The molecule has 4 fully saturated rings. The van der Waals surface area contributed by atoms with Crippen molar-refractivity contribution in [1.29, 1.82) is 0 Å². The number of hydrogen-bond donors (Lipinski definition) is 20. The van der Waals surface area contributed by atoms with Crippen molar-refractivity contribution in [3.8, 4) is 34.1 Å². The summed E-state index contributed by atoms with van der Waals surface area (Å²) in [6.45, 7) is 0.252. The minimum Gasteiger partial charge on any atom is -0.508 e. The largest absolute Gasteiger partial charge is 0.508 e. The van der Waals surface area contributed by atoms with Crippen LogP contribution in [0.1, 0.15) is 65.0 Å². The molecule has 32 heteroatoms. The number of β-amino-alcohol motifs (C(OH)–C–C–N with tert-alkyl or cyclic N) is 2. The summed E-state index contributed by atoms with van der Waals surface area (Å²) in [5.74, 6) is -5.44. The van der Waals surface area contributed by atoms with Crippen LogP contribution in [0.25, 0.3) is 11.1 Å². The van der Waals surface area contributed by atoms with E-state index in [9.17, 15) is 117 Å². The van der Waals surface area contributed by atoms with E-state index in [1.807, 2.05) is 0 Å². The van der Waals surface area contributed by atoms with Crippen molar-refractivity contribution >= 4 is 17.5 Å². The standard InChI is InChI=1S/C24H16O9.2C13H25NO9.3H2O/c1-7-2-10-13(26)4-8-3-11-19(23(31)16(8)18(10)22(30)15(7)24(32)33)21(29)12-5-9(25)6-14(27)17(12)20(11)28;2*1-22-13-12(21)11(20)10(19)7(23-13)3-14-2-6(16)9(18)8(17)5(14)4-15;;;/h2-3,5-6,13,25-27,30-31H,4H2,1H3,(H,32,33);2*5-13,15-21H,2-4H2,1H3;3*1H2/t;2*5-,6+,7-,8-,9-,10-,11+,12-,13+;;;/m.11.../s1. The molecule has 3 aromatic carbocycles. The van der Waals surface area contributed by atoms with Gasteiger partial charge >= 0.3 is 5.97 Å². The third-order valence-electron chi connectivity index (χ3n) is 15.3. The van der Waals surface area contributed by atoms with Crippen LogP contribution in [0.4, 0.5) is 0 Å². The van der Waals surface area contributed by atoms with Gasteiger partial charge in [0.25, 0.3) is 0 Å². The molecule has 0 saturated carbocycles. The maximum Gasteiger partial charge on any atom is 0.339 e. The highest BCUT2D eigenvalue weighted by atomic mass is 16.7. The zero-order valence-corrected chi connectivity index (χ0v) is 43.9. The fraction of sp³-hybridized carbons (Fsp3) is 0.580. The molecule has 4 heterocycles. The van der Waals surface area contributed by atoms with Crippen LogP contribution in [0.5, 0.6) is 23.0 Å². The molecule has 32 nitrogen and oxygen atoms in total. The van der Waals surface area contributed by atoms with Crippen molar-refractivity contribution in [3.05, 3.63) is 68.8 Å². The highest BCUT2D eigenvalue weighted by Gasteiger charge is 2.50. The topological polar surface area (TPSA) is 594 Å². The Balaban J connectivity index is 0.000000267. The number of aromatic hydroxyl groups is 4. The van der Waals surface area contributed by atoms with Crippen molar-refractivity contribution < 1.29 is 152 Å². The maximum absolute atomic E-state index is 13.2. The second-order valence-electron chi connectivity index (χ2n) is 20.1. The molecule has 0 radical (unpaired) electrons. The van der Waals surface area contributed by atoms with Crippen LogP contribution in [0.15, 0.2) is 24.3 Å². The molecule has 0 bridgehead atoms. The SMILES string of the molecule is CO[C@H]1O[C@H](CN2C[C@H](O)[C@@H](O)[C@H](O)[C@H]2CO)[C@@H](O)[C@H](O)[C@H]1O.CO[C@H]1O[C@H](CN2C[C@H](O)[C@@H](O)[C@H](O)[C@H]2CO)[C@@H](O)[C@H](O)[C@H]1O.Cc1cc2c(c(O)c1C(=O)O)-c1c(cc3c(c1O)C(=O)c1cc(O)cc(O)c1C3=O)CC2O.O.O.O. The highest BCUT2D eigenvalue weighted by Crippen LogP contribution is 2.52. The Kier molecular flexibility index (Phi) is 23.3. The Hall–Kier alpha value is -5.29. The zero-order chi connectivity index (χ0) is 58.5. The Morgan fingerprint density at radius 1 is 0.561 bits per heavy atom. The number of aromatic carboxylic acids is 1. The minimum atomic E-state index is -1.49. The number of ketones is 2. The van der Waals surface area contributed by atoms with Gasteiger partial charge in [-0.1, -0.05) is 6.07 Å². The number of ether oxygens (including phenoxy) is 4. The van der Waals surface area contributed by atoms with E-state index in [2.05, 4.69) is 0 Å². The number of piperidine rings is 2. The number of carbonyl (C=O) groups excluding carboxylic acids is 2. The van der Waals surface area contributed by atoms with Crippen molar-refractivity contribution in [2.45, 2.75) is 130 Å². The molecule has 3 aromatic rings. The van der Waals surface area contributed by atoms with Crippen LogP contribution in [0, 0.1) is 6.92 Å². The highest BCUT2D eigenvalue weighted by molar-refractivity contribution is 6.31.